The number of hydrogen-bond donors (Lipinski definition) is 3. The van der Waals surface area contributed by atoms with Gasteiger partial charge in [-0.2, -0.15) is 0 Å². The van der Waals surface area contributed by atoms with E-state index in [4.69, 9.17) is 4.74 Å². The normalized spacial score (nSPS) is 28.9. The van der Waals surface area contributed by atoms with Gasteiger partial charge in [0.2, 0.25) is 21.8 Å². The smallest absolute Gasteiger partial charge is 0.410 e. The van der Waals surface area contributed by atoms with Crippen molar-refractivity contribution in [1.29, 1.82) is 0 Å². The van der Waals surface area contributed by atoms with Crippen LogP contribution in [0.25, 0.3) is 6.08 Å². The van der Waals surface area contributed by atoms with Gasteiger partial charge in [0.1, 0.15) is 23.7 Å². The summed E-state index contributed by atoms with van der Waals surface area (Å²) < 4.78 is 33.4. The summed E-state index contributed by atoms with van der Waals surface area (Å²) in [6, 6.07) is 3.37. The molecule has 3 aliphatic heterocycles. The molecule has 5 aliphatic rings. The number of sulfonamides is 1. The largest absolute Gasteiger partial charge is 0.444 e. The van der Waals surface area contributed by atoms with E-state index in [1.54, 1.807) is 11.9 Å². The Kier molecular flexibility index (Phi) is 10.5. The van der Waals surface area contributed by atoms with Crippen molar-refractivity contribution in [2.24, 2.45) is 5.92 Å². The summed E-state index contributed by atoms with van der Waals surface area (Å²) >= 11 is 0. The highest BCUT2D eigenvalue weighted by Crippen LogP contribution is 2.45. The van der Waals surface area contributed by atoms with Gasteiger partial charge < -0.3 is 25.2 Å². The second-order valence-electron chi connectivity index (χ2n) is 14.4. The highest BCUT2D eigenvalue weighted by molar-refractivity contribution is 7.91. The standard InChI is InChI=1S/C36H48N6O8S/c1-4-6-14-29-32(44)42-21-26(18-30(42)31(43)38-36(19-25(36)5-2)33(45)39-51(48,49)27-15-16-27)50-35(47)41-20-24-13-10-12-23(28(24)22-41)11-8-7-9-17-40(3)34(46)37-29/h5,8,10-13,25-27,29-30H,2,4,6-7,9,14-22H2,1,3H3,(H,37,46)(H,38,43)(H,39,45)/b11-8+/t25-,26+,29-,30-,36+/m0/s1. The molecule has 3 fully saturated rings. The zero-order chi connectivity index (χ0) is 36.5. The van der Waals surface area contributed by atoms with Crippen molar-refractivity contribution in [2.45, 2.75) is 107 Å². The van der Waals surface area contributed by atoms with Crippen LogP contribution in [0, 0.1) is 5.92 Å². The first-order valence-electron chi connectivity index (χ1n) is 17.9. The third-order valence-corrected chi connectivity index (χ3v) is 12.4. The Labute approximate surface area is 299 Å². The molecule has 1 saturated heterocycles. The Hall–Kier alpha value is -4.40. The average molecular weight is 725 g/mol. The van der Waals surface area contributed by atoms with Crippen LogP contribution in [-0.2, 0) is 42.2 Å². The van der Waals surface area contributed by atoms with Crippen LogP contribution in [0.1, 0.15) is 81.4 Å². The number of fused-ring (bicyclic) bond motifs is 3. The molecule has 6 amide bonds. The van der Waals surface area contributed by atoms with Crippen molar-refractivity contribution < 1.29 is 37.1 Å². The van der Waals surface area contributed by atoms with Gasteiger partial charge in [0, 0.05) is 32.5 Å². The first kappa shape index (κ1) is 36.4. The number of amides is 6. The van der Waals surface area contributed by atoms with Crippen molar-refractivity contribution in [3.8, 4) is 0 Å². The van der Waals surface area contributed by atoms with Gasteiger partial charge >= 0.3 is 12.1 Å². The minimum atomic E-state index is -3.89. The SMILES string of the molecule is C=C[C@H]1C[C@]1(NC(=O)[C@@H]1C[C@@H]2CN1C(=O)[C@H](CCCC)NC(=O)N(C)CCC/C=C/c1cccc3c1CN(C3)C(=O)O2)C(=O)NS(=O)(=O)C1CC1. The van der Waals surface area contributed by atoms with E-state index in [1.807, 2.05) is 31.2 Å². The first-order chi connectivity index (χ1) is 24.4. The van der Waals surface area contributed by atoms with Crippen LogP contribution < -0.4 is 15.4 Å². The zero-order valence-electron chi connectivity index (χ0n) is 29.3. The molecule has 276 valence electrons. The summed E-state index contributed by atoms with van der Waals surface area (Å²) in [5.41, 5.74) is 1.47. The highest BCUT2D eigenvalue weighted by Gasteiger charge is 2.62. The lowest BCUT2D eigenvalue weighted by Gasteiger charge is -2.30. The van der Waals surface area contributed by atoms with Crippen LogP contribution >= 0.6 is 0 Å². The Bertz CT molecular complexity index is 1730. The third kappa shape index (κ3) is 7.77. The number of carbonyl (C=O) groups excluding carboxylic acids is 5. The van der Waals surface area contributed by atoms with Crippen molar-refractivity contribution in [1.82, 2.24) is 30.1 Å². The van der Waals surface area contributed by atoms with Gasteiger partial charge in [-0.15, -0.1) is 6.58 Å². The summed E-state index contributed by atoms with van der Waals surface area (Å²) in [5.74, 6) is -2.56. The first-order valence-corrected chi connectivity index (χ1v) is 19.5. The maximum absolute atomic E-state index is 14.3. The van der Waals surface area contributed by atoms with Crippen molar-refractivity contribution in [3.05, 3.63) is 53.6 Å². The highest BCUT2D eigenvalue weighted by atomic mass is 32.2. The quantitative estimate of drug-likeness (QED) is 0.326. The van der Waals surface area contributed by atoms with E-state index < -0.39 is 74.8 Å². The fraction of sp³-hybridized carbons (Fsp3) is 0.583. The summed E-state index contributed by atoms with van der Waals surface area (Å²) in [6.45, 7) is 6.78. The minimum Gasteiger partial charge on any atom is -0.444 e. The second-order valence-corrected chi connectivity index (χ2v) is 16.3. The molecule has 3 heterocycles. The zero-order valence-corrected chi connectivity index (χ0v) is 30.1. The number of rotatable bonds is 9. The van der Waals surface area contributed by atoms with Gasteiger partial charge in [0.15, 0.2) is 0 Å². The van der Waals surface area contributed by atoms with Crippen LogP contribution in [0.5, 0.6) is 0 Å². The van der Waals surface area contributed by atoms with Gasteiger partial charge in [-0.05, 0) is 55.2 Å². The summed E-state index contributed by atoms with van der Waals surface area (Å²) in [7, 11) is -2.22. The van der Waals surface area contributed by atoms with Crippen molar-refractivity contribution >= 4 is 45.9 Å². The molecule has 1 aromatic rings. The minimum absolute atomic E-state index is 0.0523. The van der Waals surface area contributed by atoms with Crippen LogP contribution in [0.3, 0.4) is 0 Å². The molecule has 15 heteroatoms. The molecular weight excluding hydrogens is 676 g/mol. The van der Waals surface area contributed by atoms with Crippen LogP contribution in [0.4, 0.5) is 9.59 Å². The molecule has 0 spiro atoms. The molecule has 0 aromatic heterocycles. The maximum Gasteiger partial charge on any atom is 0.410 e. The van der Waals surface area contributed by atoms with E-state index in [0.29, 0.717) is 51.7 Å². The number of benzene rings is 1. The summed E-state index contributed by atoms with van der Waals surface area (Å²) in [6.07, 6.45) is 8.27. The van der Waals surface area contributed by atoms with Crippen LogP contribution in [0.2, 0.25) is 0 Å². The second kappa shape index (κ2) is 14.7. The number of allylic oxidation sites excluding steroid dienone is 1. The molecule has 5 atom stereocenters. The molecule has 2 aliphatic carbocycles. The van der Waals surface area contributed by atoms with E-state index in [0.717, 1.165) is 29.5 Å². The van der Waals surface area contributed by atoms with Crippen molar-refractivity contribution in [2.75, 3.05) is 20.1 Å². The van der Waals surface area contributed by atoms with Gasteiger partial charge in [0.25, 0.3) is 5.91 Å². The average Bonchev–Trinajstić information content (AvgIpc) is 3.99. The number of carbonyl (C=O) groups is 5. The van der Waals surface area contributed by atoms with E-state index in [-0.39, 0.29) is 19.4 Å². The molecule has 2 saturated carbocycles. The van der Waals surface area contributed by atoms with Crippen molar-refractivity contribution in [3.63, 3.8) is 0 Å². The Morgan fingerprint density at radius 2 is 1.96 bits per heavy atom. The van der Waals surface area contributed by atoms with E-state index >= 15 is 0 Å². The molecule has 3 N–H and O–H groups in total. The molecule has 14 nitrogen and oxygen atoms in total. The molecule has 4 bridgehead atoms. The Morgan fingerprint density at radius 3 is 2.67 bits per heavy atom. The maximum atomic E-state index is 14.3. The molecule has 0 unspecified atom stereocenters. The Morgan fingerprint density at radius 1 is 1.18 bits per heavy atom. The Balaban J connectivity index is 1.27. The number of nitrogens with one attached hydrogen (secondary N) is 3. The number of nitrogens with zero attached hydrogens (tertiary/aromatic N) is 3. The number of unbranched alkanes of at least 4 members (excludes halogenated alkanes) is 1. The van der Waals surface area contributed by atoms with E-state index in [9.17, 15) is 32.4 Å². The lowest BCUT2D eigenvalue weighted by Crippen LogP contribution is -2.58. The topological polar surface area (TPSA) is 175 Å². The van der Waals surface area contributed by atoms with Gasteiger partial charge in [-0.1, -0.05) is 56.2 Å². The number of hydrogen-bond acceptors (Lipinski definition) is 8. The van der Waals surface area contributed by atoms with Gasteiger partial charge in [-0.25, -0.2) is 18.0 Å². The third-order valence-electron chi connectivity index (χ3n) is 10.6. The predicted molar refractivity (Wildman–Crippen MR) is 188 cm³/mol. The molecular formula is C36H48N6O8S. The summed E-state index contributed by atoms with van der Waals surface area (Å²) in [5, 5.41) is 4.99. The van der Waals surface area contributed by atoms with E-state index in [2.05, 4.69) is 28.0 Å². The summed E-state index contributed by atoms with van der Waals surface area (Å²) in [4.78, 5) is 73.2. The van der Waals surface area contributed by atoms with Gasteiger partial charge in [-0.3, -0.25) is 24.0 Å². The number of urea groups is 1. The monoisotopic (exact) mass is 724 g/mol. The fourth-order valence-electron chi connectivity index (χ4n) is 7.23. The predicted octanol–water partition coefficient (Wildman–Crippen LogP) is 2.78. The van der Waals surface area contributed by atoms with E-state index in [1.165, 1.54) is 15.9 Å². The van der Waals surface area contributed by atoms with Crippen LogP contribution in [0.15, 0.2) is 36.9 Å². The van der Waals surface area contributed by atoms with Gasteiger partial charge in [0.05, 0.1) is 18.3 Å². The lowest BCUT2D eigenvalue weighted by atomic mass is 10.0. The van der Waals surface area contributed by atoms with Crippen LogP contribution in [-0.4, -0.2) is 102 Å². The molecule has 6 rings (SSSR count). The molecule has 0 radical (unpaired) electrons. The number of ether oxygens (including phenoxy) is 1. The fourth-order valence-corrected chi connectivity index (χ4v) is 8.59. The molecule has 1 aromatic carbocycles. The molecule has 51 heavy (non-hydrogen) atoms. The lowest BCUT2D eigenvalue weighted by molar-refractivity contribution is -0.141.